The van der Waals surface area contributed by atoms with Gasteiger partial charge in [0.15, 0.2) is 0 Å². The molecule has 0 aliphatic carbocycles. The van der Waals surface area contributed by atoms with Crippen LogP contribution in [-0.4, -0.2) is 34.6 Å². The first-order valence-electron chi connectivity index (χ1n) is 4.98. The SMILES string of the molecule is CC(=CCN(C)Cc1scnc1C)C(=O)O. The first-order valence-corrected chi connectivity index (χ1v) is 5.86. The van der Waals surface area contributed by atoms with E-state index in [0.29, 0.717) is 12.1 Å². The average molecular weight is 240 g/mol. The topological polar surface area (TPSA) is 53.4 Å². The summed E-state index contributed by atoms with van der Waals surface area (Å²) in [6.07, 6.45) is 1.72. The third-order valence-corrected chi connectivity index (χ3v) is 3.22. The molecule has 0 aliphatic heterocycles. The smallest absolute Gasteiger partial charge is 0.330 e. The number of aliphatic carboxylic acids is 1. The van der Waals surface area contributed by atoms with Crippen LogP contribution in [0.5, 0.6) is 0 Å². The van der Waals surface area contributed by atoms with Crippen LogP contribution in [0, 0.1) is 6.92 Å². The molecular weight excluding hydrogens is 224 g/mol. The second-order valence-electron chi connectivity index (χ2n) is 3.75. The molecule has 0 fully saturated rings. The Bertz CT molecular complexity index is 398. The van der Waals surface area contributed by atoms with Crippen molar-refractivity contribution < 1.29 is 9.90 Å². The summed E-state index contributed by atoms with van der Waals surface area (Å²) in [5, 5.41) is 8.70. The zero-order valence-corrected chi connectivity index (χ0v) is 10.5. The fraction of sp³-hybridized carbons (Fsp3) is 0.455. The van der Waals surface area contributed by atoms with E-state index in [2.05, 4.69) is 9.88 Å². The number of likely N-dealkylation sites (N-methyl/N-ethyl adjacent to an activating group) is 1. The summed E-state index contributed by atoms with van der Waals surface area (Å²) in [4.78, 5) is 18.1. The number of carboxylic acid groups (broad SMARTS) is 1. The molecule has 0 unspecified atom stereocenters. The highest BCUT2D eigenvalue weighted by Crippen LogP contribution is 2.14. The van der Waals surface area contributed by atoms with Crippen molar-refractivity contribution in [2.24, 2.45) is 0 Å². The highest BCUT2D eigenvalue weighted by Gasteiger charge is 2.05. The van der Waals surface area contributed by atoms with Gasteiger partial charge in [-0.05, 0) is 20.9 Å². The molecule has 1 aromatic heterocycles. The van der Waals surface area contributed by atoms with E-state index in [1.807, 2.05) is 19.5 Å². The van der Waals surface area contributed by atoms with E-state index >= 15 is 0 Å². The number of thiazole rings is 1. The molecule has 5 heteroatoms. The van der Waals surface area contributed by atoms with Crippen molar-refractivity contribution in [3.8, 4) is 0 Å². The van der Waals surface area contributed by atoms with Crippen molar-refractivity contribution in [1.82, 2.24) is 9.88 Å². The maximum absolute atomic E-state index is 10.6. The minimum atomic E-state index is -0.859. The van der Waals surface area contributed by atoms with Crippen molar-refractivity contribution in [2.75, 3.05) is 13.6 Å². The Kier molecular flexibility index (Phi) is 4.64. The molecule has 0 spiro atoms. The molecule has 0 saturated heterocycles. The Balaban J connectivity index is 2.49. The third kappa shape index (κ3) is 3.75. The van der Waals surface area contributed by atoms with Crippen molar-refractivity contribution >= 4 is 17.3 Å². The van der Waals surface area contributed by atoms with E-state index in [1.165, 1.54) is 4.88 Å². The monoisotopic (exact) mass is 240 g/mol. The number of aryl methyl sites for hydroxylation is 1. The maximum Gasteiger partial charge on any atom is 0.330 e. The second kappa shape index (κ2) is 5.77. The van der Waals surface area contributed by atoms with Gasteiger partial charge in [-0.3, -0.25) is 4.90 Å². The molecule has 0 aliphatic rings. The minimum absolute atomic E-state index is 0.382. The number of nitrogens with zero attached hydrogens (tertiary/aromatic N) is 2. The van der Waals surface area contributed by atoms with Crippen LogP contribution in [0.3, 0.4) is 0 Å². The van der Waals surface area contributed by atoms with E-state index in [0.717, 1.165) is 12.2 Å². The summed E-state index contributed by atoms with van der Waals surface area (Å²) in [6.45, 7) is 5.03. The number of aromatic nitrogens is 1. The Morgan fingerprint density at radius 2 is 2.38 bits per heavy atom. The quantitative estimate of drug-likeness (QED) is 0.799. The number of hydrogen-bond acceptors (Lipinski definition) is 4. The lowest BCUT2D eigenvalue weighted by atomic mass is 10.3. The van der Waals surface area contributed by atoms with Crippen molar-refractivity contribution in [1.29, 1.82) is 0 Å². The Morgan fingerprint density at radius 3 is 2.88 bits per heavy atom. The molecular formula is C11H16N2O2S. The van der Waals surface area contributed by atoms with Crippen LogP contribution >= 0.6 is 11.3 Å². The zero-order chi connectivity index (χ0) is 12.1. The number of carboxylic acids is 1. The molecule has 1 N–H and O–H groups in total. The van der Waals surface area contributed by atoms with E-state index in [9.17, 15) is 4.79 Å². The van der Waals surface area contributed by atoms with Crippen molar-refractivity contribution in [3.63, 3.8) is 0 Å². The van der Waals surface area contributed by atoms with Gasteiger partial charge >= 0.3 is 5.97 Å². The molecule has 1 heterocycles. The largest absolute Gasteiger partial charge is 0.478 e. The van der Waals surface area contributed by atoms with E-state index in [-0.39, 0.29) is 0 Å². The molecule has 4 nitrogen and oxygen atoms in total. The molecule has 0 aromatic carbocycles. The van der Waals surface area contributed by atoms with Crippen LogP contribution in [0.4, 0.5) is 0 Å². The minimum Gasteiger partial charge on any atom is -0.478 e. The van der Waals surface area contributed by atoms with Gasteiger partial charge in [0.05, 0.1) is 11.2 Å². The van der Waals surface area contributed by atoms with E-state index < -0.39 is 5.97 Å². The summed E-state index contributed by atoms with van der Waals surface area (Å²) < 4.78 is 0. The first kappa shape index (κ1) is 12.9. The number of carbonyl (C=O) groups is 1. The van der Waals surface area contributed by atoms with Gasteiger partial charge in [0, 0.05) is 23.5 Å². The van der Waals surface area contributed by atoms with Gasteiger partial charge in [0.25, 0.3) is 0 Å². The first-order chi connectivity index (χ1) is 7.50. The number of rotatable bonds is 5. The van der Waals surface area contributed by atoms with Crippen molar-refractivity contribution in [3.05, 3.63) is 27.7 Å². The van der Waals surface area contributed by atoms with Gasteiger partial charge < -0.3 is 5.11 Å². The molecule has 0 radical (unpaired) electrons. The lowest BCUT2D eigenvalue weighted by Crippen LogP contribution is -2.18. The molecule has 16 heavy (non-hydrogen) atoms. The highest BCUT2D eigenvalue weighted by atomic mass is 32.1. The number of hydrogen-bond donors (Lipinski definition) is 1. The predicted molar refractivity (Wildman–Crippen MR) is 64.6 cm³/mol. The van der Waals surface area contributed by atoms with Gasteiger partial charge in [-0.1, -0.05) is 6.08 Å². The van der Waals surface area contributed by atoms with Crippen LogP contribution < -0.4 is 0 Å². The molecule has 88 valence electrons. The lowest BCUT2D eigenvalue weighted by Gasteiger charge is -2.13. The van der Waals surface area contributed by atoms with Crippen LogP contribution in [-0.2, 0) is 11.3 Å². The maximum atomic E-state index is 10.6. The Hall–Kier alpha value is -1.20. The predicted octanol–water partition coefficient (Wildman–Crippen LogP) is 1.91. The van der Waals surface area contributed by atoms with E-state index in [4.69, 9.17) is 5.11 Å². The van der Waals surface area contributed by atoms with Crippen LogP contribution in [0.15, 0.2) is 17.2 Å². The summed E-state index contributed by atoms with van der Waals surface area (Å²) in [5.74, 6) is -0.859. The molecule has 0 bridgehead atoms. The molecule has 0 saturated carbocycles. The van der Waals surface area contributed by atoms with Crippen LogP contribution in [0.1, 0.15) is 17.5 Å². The van der Waals surface area contributed by atoms with Gasteiger partial charge in [-0.25, -0.2) is 9.78 Å². The van der Waals surface area contributed by atoms with E-state index in [1.54, 1.807) is 24.3 Å². The van der Waals surface area contributed by atoms with Crippen molar-refractivity contribution in [2.45, 2.75) is 20.4 Å². The van der Waals surface area contributed by atoms with Crippen LogP contribution in [0.25, 0.3) is 0 Å². The summed E-state index contributed by atoms with van der Waals surface area (Å²) in [7, 11) is 1.96. The van der Waals surface area contributed by atoms with Gasteiger partial charge in [-0.2, -0.15) is 0 Å². The molecule has 0 atom stereocenters. The molecule has 1 rings (SSSR count). The molecule has 1 aromatic rings. The normalized spacial score (nSPS) is 12.1. The van der Waals surface area contributed by atoms with Gasteiger partial charge in [0.1, 0.15) is 0 Å². The standard InChI is InChI=1S/C11H16N2O2S/c1-8(11(14)15)4-5-13(3)6-10-9(2)12-7-16-10/h4,7H,5-6H2,1-3H3,(H,14,15). The van der Waals surface area contributed by atoms with Crippen LogP contribution in [0.2, 0.25) is 0 Å². The fourth-order valence-electron chi connectivity index (χ4n) is 1.17. The summed E-state index contributed by atoms with van der Waals surface area (Å²) >= 11 is 1.63. The lowest BCUT2D eigenvalue weighted by molar-refractivity contribution is -0.132. The highest BCUT2D eigenvalue weighted by molar-refractivity contribution is 7.09. The fourth-order valence-corrected chi connectivity index (χ4v) is 2.02. The summed E-state index contributed by atoms with van der Waals surface area (Å²) in [6, 6.07) is 0. The Morgan fingerprint density at radius 1 is 1.69 bits per heavy atom. The zero-order valence-electron chi connectivity index (χ0n) is 9.73. The molecule has 0 amide bonds. The third-order valence-electron chi connectivity index (χ3n) is 2.30. The van der Waals surface area contributed by atoms with Gasteiger partial charge in [0.2, 0.25) is 0 Å². The Labute approximate surface area is 99.2 Å². The second-order valence-corrected chi connectivity index (χ2v) is 4.69. The van der Waals surface area contributed by atoms with Gasteiger partial charge in [-0.15, -0.1) is 11.3 Å². The summed E-state index contributed by atoms with van der Waals surface area (Å²) in [5.41, 5.74) is 3.26. The average Bonchev–Trinajstić information content (AvgIpc) is 2.60.